The van der Waals surface area contributed by atoms with Gasteiger partial charge in [0.15, 0.2) is 0 Å². The molecule has 0 aromatic heterocycles. The maximum atomic E-state index is 13.7. The number of hydrogen-bond donors (Lipinski definition) is 1. The number of halogens is 2. The molecule has 3 unspecified atom stereocenters. The van der Waals surface area contributed by atoms with Gasteiger partial charge in [0.2, 0.25) is 0 Å². The van der Waals surface area contributed by atoms with E-state index >= 15 is 0 Å². The van der Waals surface area contributed by atoms with E-state index in [4.69, 9.17) is 5.73 Å². The Bertz CT molecular complexity index is 367. The van der Waals surface area contributed by atoms with Gasteiger partial charge in [0.1, 0.15) is 5.82 Å². The third kappa shape index (κ3) is 1.95. The molecule has 82 valence electrons. The SMILES string of the molecule is CCC1C(N)CC1c1ccc(Br)cc1F. The van der Waals surface area contributed by atoms with Crippen molar-refractivity contribution in [2.75, 3.05) is 0 Å². The van der Waals surface area contributed by atoms with Crippen LogP contribution in [0.1, 0.15) is 31.2 Å². The molecule has 0 saturated heterocycles. The molecule has 1 aromatic rings. The molecule has 0 amide bonds. The fourth-order valence-electron chi connectivity index (χ4n) is 2.49. The second-order valence-corrected chi connectivity index (χ2v) is 5.16. The van der Waals surface area contributed by atoms with Crippen molar-refractivity contribution in [1.29, 1.82) is 0 Å². The Balaban J connectivity index is 2.23. The average molecular weight is 272 g/mol. The predicted molar refractivity (Wildman–Crippen MR) is 63.2 cm³/mol. The van der Waals surface area contributed by atoms with Gasteiger partial charge in [-0.05, 0) is 36.0 Å². The summed E-state index contributed by atoms with van der Waals surface area (Å²) in [7, 11) is 0. The first-order valence-corrected chi connectivity index (χ1v) is 6.13. The van der Waals surface area contributed by atoms with Gasteiger partial charge >= 0.3 is 0 Å². The first-order valence-electron chi connectivity index (χ1n) is 5.34. The van der Waals surface area contributed by atoms with E-state index in [0.29, 0.717) is 11.8 Å². The smallest absolute Gasteiger partial charge is 0.127 e. The molecular formula is C12H15BrFN. The van der Waals surface area contributed by atoms with Gasteiger partial charge in [0.05, 0.1) is 0 Å². The first kappa shape index (κ1) is 11.1. The second kappa shape index (κ2) is 4.22. The lowest BCUT2D eigenvalue weighted by Gasteiger charge is -2.42. The summed E-state index contributed by atoms with van der Waals surface area (Å²) >= 11 is 3.26. The summed E-state index contributed by atoms with van der Waals surface area (Å²) in [6.07, 6.45) is 1.94. The average Bonchev–Trinajstić information content (AvgIpc) is 2.16. The molecule has 3 heteroatoms. The molecule has 1 aliphatic rings. The van der Waals surface area contributed by atoms with Crippen molar-refractivity contribution in [3.63, 3.8) is 0 Å². The van der Waals surface area contributed by atoms with Crippen molar-refractivity contribution in [3.8, 4) is 0 Å². The third-order valence-corrected chi connectivity index (χ3v) is 3.92. The van der Waals surface area contributed by atoms with Gasteiger partial charge in [-0.3, -0.25) is 0 Å². The summed E-state index contributed by atoms with van der Waals surface area (Å²) in [4.78, 5) is 0. The Morgan fingerprint density at radius 2 is 2.27 bits per heavy atom. The summed E-state index contributed by atoms with van der Waals surface area (Å²) in [6.45, 7) is 2.12. The van der Waals surface area contributed by atoms with Crippen LogP contribution in [0, 0.1) is 11.7 Å². The number of benzene rings is 1. The highest BCUT2D eigenvalue weighted by Crippen LogP contribution is 2.44. The Morgan fingerprint density at radius 1 is 1.53 bits per heavy atom. The van der Waals surface area contributed by atoms with Gasteiger partial charge in [0.25, 0.3) is 0 Å². The summed E-state index contributed by atoms with van der Waals surface area (Å²) < 4.78 is 14.5. The molecule has 2 N–H and O–H groups in total. The molecular weight excluding hydrogens is 257 g/mol. The van der Waals surface area contributed by atoms with E-state index in [0.717, 1.165) is 22.9 Å². The van der Waals surface area contributed by atoms with Crippen LogP contribution in [-0.2, 0) is 0 Å². The van der Waals surface area contributed by atoms with Crippen molar-refractivity contribution in [1.82, 2.24) is 0 Å². The van der Waals surface area contributed by atoms with E-state index < -0.39 is 0 Å². The molecule has 0 radical (unpaired) electrons. The lowest BCUT2D eigenvalue weighted by molar-refractivity contribution is 0.194. The zero-order chi connectivity index (χ0) is 11.0. The minimum absolute atomic E-state index is 0.111. The Hall–Kier alpha value is -0.410. The fraction of sp³-hybridized carbons (Fsp3) is 0.500. The molecule has 0 aliphatic heterocycles. The molecule has 3 atom stereocenters. The minimum Gasteiger partial charge on any atom is -0.327 e. The van der Waals surface area contributed by atoms with Crippen molar-refractivity contribution in [3.05, 3.63) is 34.1 Å². The highest BCUT2D eigenvalue weighted by molar-refractivity contribution is 9.10. The van der Waals surface area contributed by atoms with Crippen LogP contribution >= 0.6 is 15.9 Å². The maximum absolute atomic E-state index is 13.7. The van der Waals surface area contributed by atoms with Crippen molar-refractivity contribution < 1.29 is 4.39 Å². The zero-order valence-corrected chi connectivity index (χ0v) is 10.3. The first-order chi connectivity index (χ1) is 7.13. The summed E-state index contributed by atoms with van der Waals surface area (Å²) in [5.74, 6) is 0.651. The van der Waals surface area contributed by atoms with E-state index in [1.165, 1.54) is 6.07 Å². The molecule has 1 fully saturated rings. The standard InChI is InChI=1S/C12H15BrFN/c1-2-8-10(6-12(8)15)9-4-3-7(13)5-11(9)14/h3-5,8,10,12H,2,6,15H2,1H3. The highest BCUT2D eigenvalue weighted by Gasteiger charge is 2.39. The van der Waals surface area contributed by atoms with Crippen LogP contribution in [0.25, 0.3) is 0 Å². The Morgan fingerprint density at radius 3 is 2.80 bits per heavy atom. The molecule has 1 nitrogen and oxygen atoms in total. The summed E-state index contributed by atoms with van der Waals surface area (Å²) in [6, 6.07) is 5.56. The normalized spacial score (nSPS) is 30.0. The van der Waals surface area contributed by atoms with E-state index in [9.17, 15) is 4.39 Å². The molecule has 0 heterocycles. The lowest BCUT2D eigenvalue weighted by Crippen LogP contribution is -2.45. The van der Waals surface area contributed by atoms with Crippen LogP contribution in [0.2, 0.25) is 0 Å². The van der Waals surface area contributed by atoms with Gasteiger partial charge in [-0.25, -0.2) is 4.39 Å². The quantitative estimate of drug-likeness (QED) is 0.877. The summed E-state index contributed by atoms with van der Waals surface area (Å²) in [5, 5.41) is 0. The molecule has 1 saturated carbocycles. The van der Waals surface area contributed by atoms with E-state index in [1.807, 2.05) is 12.1 Å². The van der Waals surface area contributed by atoms with Crippen LogP contribution in [0.15, 0.2) is 22.7 Å². The fourth-order valence-corrected chi connectivity index (χ4v) is 2.83. The molecule has 0 spiro atoms. The molecule has 2 rings (SSSR count). The zero-order valence-electron chi connectivity index (χ0n) is 8.71. The van der Waals surface area contributed by atoms with E-state index in [2.05, 4.69) is 22.9 Å². The van der Waals surface area contributed by atoms with Gasteiger partial charge < -0.3 is 5.73 Å². The van der Waals surface area contributed by atoms with Crippen LogP contribution < -0.4 is 5.73 Å². The van der Waals surface area contributed by atoms with Gasteiger partial charge in [-0.2, -0.15) is 0 Å². The molecule has 0 bridgehead atoms. The minimum atomic E-state index is -0.111. The van der Waals surface area contributed by atoms with E-state index in [-0.39, 0.29) is 11.9 Å². The van der Waals surface area contributed by atoms with Crippen LogP contribution in [0.5, 0.6) is 0 Å². The molecule has 1 aromatic carbocycles. The third-order valence-electron chi connectivity index (χ3n) is 3.43. The highest BCUT2D eigenvalue weighted by atomic mass is 79.9. The Labute approximate surface area is 98.0 Å². The maximum Gasteiger partial charge on any atom is 0.127 e. The number of rotatable bonds is 2. The number of nitrogens with two attached hydrogens (primary N) is 1. The second-order valence-electron chi connectivity index (χ2n) is 4.24. The summed E-state index contributed by atoms with van der Waals surface area (Å²) in [5.41, 5.74) is 6.73. The largest absolute Gasteiger partial charge is 0.327 e. The number of hydrogen-bond acceptors (Lipinski definition) is 1. The van der Waals surface area contributed by atoms with Crippen LogP contribution in [0.3, 0.4) is 0 Å². The molecule has 1 aliphatic carbocycles. The topological polar surface area (TPSA) is 26.0 Å². The molecule has 15 heavy (non-hydrogen) atoms. The van der Waals surface area contributed by atoms with E-state index in [1.54, 1.807) is 0 Å². The Kier molecular flexibility index (Phi) is 3.12. The lowest BCUT2D eigenvalue weighted by atomic mass is 9.65. The van der Waals surface area contributed by atoms with Crippen LogP contribution in [-0.4, -0.2) is 6.04 Å². The van der Waals surface area contributed by atoms with Crippen molar-refractivity contribution in [2.24, 2.45) is 11.7 Å². The monoisotopic (exact) mass is 271 g/mol. The predicted octanol–water partition coefficient (Wildman–Crippen LogP) is 3.43. The van der Waals surface area contributed by atoms with Gasteiger partial charge in [0, 0.05) is 10.5 Å². The van der Waals surface area contributed by atoms with Crippen molar-refractivity contribution >= 4 is 15.9 Å². The van der Waals surface area contributed by atoms with Crippen LogP contribution in [0.4, 0.5) is 4.39 Å². The van der Waals surface area contributed by atoms with Crippen molar-refractivity contribution in [2.45, 2.75) is 31.7 Å². The van der Waals surface area contributed by atoms with Gasteiger partial charge in [-0.15, -0.1) is 0 Å². The van der Waals surface area contributed by atoms with Gasteiger partial charge in [-0.1, -0.05) is 35.3 Å².